The van der Waals surface area contributed by atoms with Crippen LogP contribution in [0, 0.1) is 19.8 Å². The minimum absolute atomic E-state index is 0.0990. The first-order chi connectivity index (χ1) is 8.08. The van der Waals surface area contributed by atoms with Gasteiger partial charge in [-0.1, -0.05) is 12.1 Å². The molecule has 17 heavy (non-hydrogen) atoms. The number of hydrogen-bond donors (Lipinski definition) is 2. The molecule has 1 aliphatic carbocycles. The predicted molar refractivity (Wildman–Crippen MR) is 70.3 cm³/mol. The van der Waals surface area contributed by atoms with Crippen molar-refractivity contribution in [3.63, 3.8) is 0 Å². The van der Waals surface area contributed by atoms with Crippen molar-refractivity contribution in [3.8, 4) is 0 Å². The minimum Gasteiger partial charge on any atom is -0.335 e. The maximum atomic E-state index is 11.8. The van der Waals surface area contributed by atoms with Gasteiger partial charge in [0.05, 0.1) is 0 Å². The van der Waals surface area contributed by atoms with Crippen LogP contribution in [-0.2, 0) is 0 Å². The molecule has 1 aromatic rings. The van der Waals surface area contributed by atoms with E-state index in [9.17, 15) is 4.79 Å². The maximum Gasteiger partial charge on any atom is 0.319 e. The molecule has 0 radical (unpaired) electrons. The van der Waals surface area contributed by atoms with Crippen molar-refractivity contribution in [2.75, 3.05) is 5.32 Å². The summed E-state index contributed by atoms with van der Waals surface area (Å²) in [5.74, 6) is 0.680. The summed E-state index contributed by atoms with van der Waals surface area (Å²) in [6.45, 7) is 6.14. The number of carbonyl (C=O) groups excluding carboxylic acids is 1. The molecule has 0 bridgehead atoms. The molecule has 0 heterocycles. The number of amides is 2. The molecule has 1 unspecified atom stereocenters. The molecule has 0 saturated heterocycles. The highest BCUT2D eigenvalue weighted by Gasteiger charge is 2.28. The summed E-state index contributed by atoms with van der Waals surface area (Å²) in [6.07, 6.45) is 2.48. The normalized spacial score (nSPS) is 16.4. The van der Waals surface area contributed by atoms with Gasteiger partial charge in [-0.3, -0.25) is 0 Å². The lowest BCUT2D eigenvalue weighted by atomic mass is 10.1. The first kappa shape index (κ1) is 12.0. The topological polar surface area (TPSA) is 41.1 Å². The van der Waals surface area contributed by atoms with E-state index in [-0.39, 0.29) is 12.1 Å². The Bertz CT molecular complexity index is 424. The number of urea groups is 1. The number of benzene rings is 1. The van der Waals surface area contributed by atoms with Gasteiger partial charge in [-0.05, 0) is 56.7 Å². The van der Waals surface area contributed by atoms with Gasteiger partial charge in [0.15, 0.2) is 0 Å². The lowest BCUT2D eigenvalue weighted by Crippen LogP contribution is -2.37. The number of aryl methyl sites for hydroxylation is 1. The van der Waals surface area contributed by atoms with Gasteiger partial charge in [0.25, 0.3) is 0 Å². The minimum atomic E-state index is -0.0990. The Hall–Kier alpha value is -1.51. The van der Waals surface area contributed by atoms with Gasteiger partial charge in [-0.2, -0.15) is 0 Å². The van der Waals surface area contributed by atoms with Crippen molar-refractivity contribution in [2.45, 2.75) is 39.7 Å². The Kier molecular flexibility index (Phi) is 3.36. The van der Waals surface area contributed by atoms with Gasteiger partial charge in [0, 0.05) is 11.7 Å². The van der Waals surface area contributed by atoms with Crippen LogP contribution in [0.3, 0.4) is 0 Å². The Morgan fingerprint density at radius 1 is 1.35 bits per heavy atom. The summed E-state index contributed by atoms with van der Waals surface area (Å²) >= 11 is 0. The number of hydrogen-bond acceptors (Lipinski definition) is 1. The third-order valence-electron chi connectivity index (χ3n) is 3.54. The molecule has 1 fully saturated rings. The molecule has 3 nitrogen and oxygen atoms in total. The van der Waals surface area contributed by atoms with Crippen molar-refractivity contribution >= 4 is 11.7 Å². The van der Waals surface area contributed by atoms with Crippen LogP contribution in [0.5, 0.6) is 0 Å². The van der Waals surface area contributed by atoms with E-state index < -0.39 is 0 Å². The van der Waals surface area contributed by atoms with E-state index in [1.54, 1.807) is 0 Å². The van der Waals surface area contributed by atoms with Crippen molar-refractivity contribution < 1.29 is 4.79 Å². The highest BCUT2D eigenvalue weighted by atomic mass is 16.2. The maximum absolute atomic E-state index is 11.8. The first-order valence-electron chi connectivity index (χ1n) is 6.21. The quantitative estimate of drug-likeness (QED) is 0.825. The fraction of sp³-hybridized carbons (Fsp3) is 0.500. The number of anilines is 1. The molecule has 3 heteroatoms. The van der Waals surface area contributed by atoms with Gasteiger partial charge >= 0.3 is 6.03 Å². The van der Waals surface area contributed by atoms with E-state index in [2.05, 4.69) is 17.6 Å². The van der Waals surface area contributed by atoms with E-state index in [1.807, 2.05) is 32.0 Å². The summed E-state index contributed by atoms with van der Waals surface area (Å²) in [5, 5.41) is 5.90. The second kappa shape index (κ2) is 4.78. The fourth-order valence-electron chi connectivity index (χ4n) is 1.97. The summed E-state index contributed by atoms with van der Waals surface area (Å²) in [4.78, 5) is 11.8. The van der Waals surface area contributed by atoms with Crippen molar-refractivity contribution in [1.82, 2.24) is 5.32 Å². The monoisotopic (exact) mass is 232 g/mol. The van der Waals surface area contributed by atoms with Crippen molar-refractivity contribution in [2.24, 2.45) is 5.92 Å². The average Bonchev–Trinajstić information content (AvgIpc) is 3.08. The zero-order chi connectivity index (χ0) is 12.4. The number of nitrogens with one attached hydrogen (secondary N) is 2. The van der Waals surface area contributed by atoms with E-state index in [0.717, 1.165) is 11.3 Å². The molecule has 1 atom stereocenters. The van der Waals surface area contributed by atoms with Crippen LogP contribution in [0.25, 0.3) is 0 Å². The molecule has 2 rings (SSSR count). The predicted octanol–water partition coefficient (Wildman–Crippen LogP) is 3.22. The molecule has 2 N–H and O–H groups in total. The van der Waals surface area contributed by atoms with Gasteiger partial charge in [0.2, 0.25) is 0 Å². The zero-order valence-electron chi connectivity index (χ0n) is 10.7. The zero-order valence-corrected chi connectivity index (χ0v) is 10.7. The molecule has 92 valence electrons. The van der Waals surface area contributed by atoms with E-state index in [4.69, 9.17) is 0 Å². The molecular formula is C14H20N2O. The van der Waals surface area contributed by atoms with E-state index in [0.29, 0.717) is 5.92 Å². The van der Waals surface area contributed by atoms with Gasteiger partial charge in [0.1, 0.15) is 0 Å². The van der Waals surface area contributed by atoms with Crippen molar-refractivity contribution in [1.29, 1.82) is 0 Å². The average molecular weight is 232 g/mol. The first-order valence-corrected chi connectivity index (χ1v) is 6.21. The second-order valence-corrected chi connectivity index (χ2v) is 4.97. The molecule has 1 saturated carbocycles. The number of rotatable bonds is 3. The van der Waals surface area contributed by atoms with E-state index >= 15 is 0 Å². The van der Waals surface area contributed by atoms with Crippen LogP contribution in [0.4, 0.5) is 10.5 Å². The van der Waals surface area contributed by atoms with Crippen molar-refractivity contribution in [3.05, 3.63) is 29.3 Å². The van der Waals surface area contributed by atoms with Crippen LogP contribution in [0.2, 0.25) is 0 Å². The Balaban J connectivity index is 1.95. The molecule has 0 spiro atoms. The fourth-order valence-corrected chi connectivity index (χ4v) is 1.97. The summed E-state index contributed by atoms with van der Waals surface area (Å²) in [5.41, 5.74) is 3.21. The lowest BCUT2D eigenvalue weighted by Gasteiger charge is -2.15. The molecule has 0 aliphatic heterocycles. The standard InChI is InChI=1S/C14H20N2O/c1-9-5-4-6-13(10(9)2)16-14(17)15-11(3)12-7-8-12/h4-6,11-12H,7-8H2,1-3H3,(H2,15,16,17). The molecule has 1 aliphatic rings. The van der Waals surface area contributed by atoms with Gasteiger partial charge in [-0.15, -0.1) is 0 Å². The van der Waals surface area contributed by atoms with Gasteiger partial charge in [-0.25, -0.2) is 4.79 Å². The second-order valence-electron chi connectivity index (χ2n) is 4.97. The van der Waals surface area contributed by atoms with Crippen LogP contribution >= 0.6 is 0 Å². The van der Waals surface area contributed by atoms with E-state index in [1.165, 1.54) is 18.4 Å². The third-order valence-corrected chi connectivity index (χ3v) is 3.54. The Morgan fingerprint density at radius 2 is 2.06 bits per heavy atom. The molecular weight excluding hydrogens is 212 g/mol. The molecule has 2 amide bonds. The lowest BCUT2D eigenvalue weighted by molar-refractivity contribution is 0.248. The van der Waals surface area contributed by atoms with Crippen LogP contribution in [-0.4, -0.2) is 12.1 Å². The van der Waals surface area contributed by atoms with Gasteiger partial charge < -0.3 is 10.6 Å². The Morgan fingerprint density at radius 3 is 2.71 bits per heavy atom. The summed E-state index contributed by atoms with van der Waals surface area (Å²) in [6, 6.07) is 6.12. The molecule has 1 aromatic carbocycles. The SMILES string of the molecule is Cc1cccc(NC(=O)NC(C)C2CC2)c1C. The highest BCUT2D eigenvalue weighted by Crippen LogP contribution is 2.32. The summed E-state index contributed by atoms with van der Waals surface area (Å²) < 4.78 is 0. The third kappa shape index (κ3) is 2.99. The molecule has 0 aromatic heterocycles. The van der Waals surface area contributed by atoms with Crippen LogP contribution in [0.1, 0.15) is 30.9 Å². The smallest absolute Gasteiger partial charge is 0.319 e. The van der Waals surface area contributed by atoms with Crippen LogP contribution < -0.4 is 10.6 Å². The largest absolute Gasteiger partial charge is 0.335 e. The summed E-state index contributed by atoms with van der Waals surface area (Å²) in [7, 11) is 0. The highest BCUT2D eigenvalue weighted by molar-refractivity contribution is 5.90. The van der Waals surface area contributed by atoms with Crippen LogP contribution in [0.15, 0.2) is 18.2 Å². The Labute approximate surface area is 103 Å². The number of carbonyl (C=O) groups is 1.